The van der Waals surface area contributed by atoms with Gasteiger partial charge in [-0.05, 0) is 41.3 Å². The van der Waals surface area contributed by atoms with E-state index in [2.05, 4.69) is 13.0 Å². The Kier molecular flexibility index (Phi) is 8.80. The van der Waals surface area contributed by atoms with Crippen LogP contribution in [-0.2, 0) is 16.5 Å². The molecule has 2 aromatic carbocycles. The molecule has 0 unspecified atom stereocenters. The number of aryl methyl sites for hydroxylation is 1. The quantitative estimate of drug-likeness (QED) is 0.416. The van der Waals surface area contributed by atoms with Crippen molar-refractivity contribution < 1.29 is 42.5 Å². The Labute approximate surface area is 161 Å². The minimum atomic E-state index is -4.38. The average molecular weight is 342 g/mol. The van der Waals surface area contributed by atoms with Crippen molar-refractivity contribution in [1.29, 1.82) is 0 Å². The van der Waals surface area contributed by atoms with Crippen molar-refractivity contribution in [2.75, 3.05) is 0 Å². The molecule has 0 N–H and O–H groups in total. The van der Waals surface area contributed by atoms with Gasteiger partial charge in [0.25, 0.3) is 0 Å². The fourth-order valence-corrected chi connectivity index (χ4v) is 3.20. The second-order valence-electron chi connectivity index (χ2n) is 5.82. The van der Waals surface area contributed by atoms with Crippen LogP contribution in [-0.4, -0.2) is 13.0 Å². The molecule has 0 amide bonds. The molecule has 0 atom stereocenters. The van der Waals surface area contributed by atoms with Crippen LogP contribution in [0.1, 0.15) is 51.0 Å². The number of rotatable bonds is 8. The molecule has 0 aliphatic heterocycles. The van der Waals surface area contributed by atoms with Crippen LogP contribution in [0.4, 0.5) is 0 Å². The summed E-state index contributed by atoms with van der Waals surface area (Å²) in [7, 11) is -4.38. The van der Waals surface area contributed by atoms with Crippen molar-refractivity contribution in [2.45, 2.75) is 56.8 Å². The molecule has 0 aliphatic carbocycles. The van der Waals surface area contributed by atoms with Gasteiger partial charge in [0.2, 0.25) is 0 Å². The van der Waals surface area contributed by atoms with Crippen molar-refractivity contribution in [1.82, 2.24) is 0 Å². The summed E-state index contributed by atoms with van der Waals surface area (Å²) in [5.41, 5.74) is 1.26. The zero-order valence-electron chi connectivity index (χ0n) is 14.0. The van der Waals surface area contributed by atoms with Crippen LogP contribution in [0.25, 0.3) is 10.8 Å². The smallest absolute Gasteiger partial charge is 0.744 e. The predicted octanol–water partition coefficient (Wildman–Crippen LogP) is 1.65. The van der Waals surface area contributed by atoms with E-state index in [1.807, 2.05) is 12.1 Å². The summed E-state index contributed by atoms with van der Waals surface area (Å²) in [6, 6.07) is 10.6. The first-order valence-corrected chi connectivity index (χ1v) is 9.40. The molecule has 0 fully saturated rings. The Balaban J connectivity index is 0.00000264. The maximum Gasteiger partial charge on any atom is 1.00 e. The number of hydrogen-bond donors (Lipinski definition) is 0. The van der Waals surface area contributed by atoms with Crippen LogP contribution in [0.2, 0.25) is 0 Å². The molecule has 0 aliphatic rings. The number of unbranched alkanes of at least 4 members (excludes halogenated alkanes) is 5. The van der Waals surface area contributed by atoms with Gasteiger partial charge in [-0.25, -0.2) is 8.42 Å². The molecule has 2 rings (SSSR count). The number of fused-ring (bicyclic) bond motifs is 1. The topological polar surface area (TPSA) is 57.2 Å². The Morgan fingerprint density at radius 2 is 1.48 bits per heavy atom. The van der Waals surface area contributed by atoms with E-state index in [-0.39, 0.29) is 34.5 Å². The Hall–Kier alpha value is -0.390. The Morgan fingerprint density at radius 1 is 0.870 bits per heavy atom. The molecule has 3 nitrogen and oxygen atoms in total. The first-order valence-electron chi connectivity index (χ1n) is 7.99. The van der Waals surface area contributed by atoms with E-state index in [0.717, 1.165) is 17.2 Å². The van der Waals surface area contributed by atoms with Gasteiger partial charge in [-0.1, -0.05) is 63.3 Å². The molecule has 5 heteroatoms. The van der Waals surface area contributed by atoms with Gasteiger partial charge in [-0.15, -0.1) is 0 Å². The van der Waals surface area contributed by atoms with Crippen molar-refractivity contribution >= 4 is 20.9 Å². The molecule has 0 radical (unpaired) electrons. The minimum Gasteiger partial charge on any atom is -0.744 e. The SMILES string of the molecule is CCCCCCCCc1ccc2cc(S(=O)(=O)[O-])ccc2c1.[Na+]. The Morgan fingerprint density at radius 3 is 2.17 bits per heavy atom. The Bertz CT molecular complexity index is 726. The fraction of sp³-hybridized carbons (Fsp3) is 0.444. The maximum absolute atomic E-state index is 11.0. The molecule has 0 saturated heterocycles. The van der Waals surface area contributed by atoms with Gasteiger partial charge in [0.15, 0.2) is 0 Å². The molecule has 2 aromatic rings. The first kappa shape index (κ1) is 20.7. The third-order valence-electron chi connectivity index (χ3n) is 3.98. The summed E-state index contributed by atoms with van der Waals surface area (Å²) in [5, 5.41) is 1.78. The fourth-order valence-electron chi connectivity index (χ4n) is 2.69. The zero-order valence-corrected chi connectivity index (χ0v) is 16.9. The molecule has 23 heavy (non-hydrogen) atoms. The van der Waals surface area contributed by atoms with Crippen molar-refractivity contribution in [3.05, 3.63) is 42.0 Å². The molecular formula is C18H23NaO3S. The molecule has 0 spiro atoms. The van der Waals surface area contributed by atoms with Crippen LogP contribution >= 0.6 is 0 Å². The van der Waals surface area contributed by atoms with E-state index < -0.39 is 10.1 Å². The average Bonchev–Trinajstić information content (AvgIpc) is 2.49. The van der Waals surface area contributed by atoms with E-state index in [0.29, 0.717) is 0 Å². The summed E-state index contributed by atoms with van der Waals surface area (Å²) >= 11 is 0. The summed E-state index contributed by atoms with van der Waals surface area (Å²) in [4.78, 5) is -0.163. The zero-order chi connectivity index (χ0) is 16.0. The van der Waals surface area contributed by atoms with E-state index in [1.54, 1.807) is 6.07 Å². The third-order valence-corrected chi connectivity index (χ3v) is 4.82. The summed E-state index contributed by atoms with van der Waals surface area (Å²) in [6.07, 6.45) is 8.69. The first-order chi connectivity index (χ1) is 10.5. The van der Waals surface area contributed by atoms with Crippen LogP contribution in [0.3, 0.4) is 0 Å². The normalized spacial score (nSPS) is 11.4. The molecule has 0 bridgehead atoms. The van der Waals surface area contributed by atoms with Gasteiger partial charge in [0, 0.05) is 0 Å². The van der Waals surface area contributed by atoms with Crippen LogP contribution in [0.15, 0.2) is 41.3 Å². The van der Waals surface area contributed by atoms with Gasteiger partial charge in [0.05, 0.1) is 4.90 Å². The monoisotopic (exact) mass is 342 g/mol. The van der Waals surface area contributed by atoms with Gasteiger partial charge >= 0.3 is 29.6 Å². The largest absolute Gasteiger partial charge is 1.00 e. The van der Waals surface area contributed by atoms with E-state index in [4.69, 9.17) is 0 Å². The third kappa shape index (κ3) is 6.55. The van der Waals surface area contributed by atoms with Crippen molar-refractivity contribution in [3.63, 3.8) is 0 Å². The van der Waals surface area contributed by atoms with E-state index in [9.17, 15) is 13.0 Å². The van der Waals surface area contributed by atoms with Crippen LogP contribution in [0.5, 0.6) is 0 Å². The van der Waals surface area contributed by atoms with Gasteiger partial charge in [0.1, 0.15) is 10.1 Å². The second-order valence-corrected chi connectivity index (χ2v) is 7.19. The molecule has 0 heterocycles. The molecule has 120 valence electrons. The molecular weight excluding hydrogens is 319 g/mol. The molecule has 0 aromatic heterocycles. The van der Waals surface area contributed by atoms with E-state index in [1.165, 1.54) is 56.2 Å². The van der Waals surface area contributed by atoms with Gasteiger partial charge in [-0.2, -0.15) is 0 Å². The van der Waals surface area contributed by atoms with Gasteiger partial charge < -0.3 is 4.55 Å². The van der Waals surface area contributed by atoms with E-state index >= 15 is 0 Å². The number of hydrogen-bond acceptors (Lipinski definition) is 3. The van der Waals surface area contributed by atoms with Crippen LogP contribution in [0, 0.1) is 0 Å². The van der Waals surface area contributed by atoms with Crippen molar-refractivity contribution in [3.8, 4) is 0 Å². The molecule has 0 saturated carbocycles. The standard InChI is InChI=1S/C18H24O3S.Na/c1-2-3-4-5-6-7-8-15-9-10-17-14-18(22(19,20)21)12-11-16(17)13-15;/h9-14H,2-8H2,1H3,(H,19,20,21);/q;+1/p-1. The number of benzene rings is 2. The second kappa shape index (κ2) is 9.80. The van der Waals surface area contributed by atoms with Gasteiger partial charge in [-0.3, -0.25) is 0 Å². The minimum absolute atomic E-state index is 0. The predicted molar refractivity (Wildman–Crippen MR) is 89.0 cm³/mol. The summed E-state index contributed by atoms with van der Waals surface area (Å²) in [6.45, 7) is 2.22. The van der Waals surface area contributed by atoms with Crippen molar-refractivity contribution in [2.24, 2.45) is 0 Å². The maximum atomic E-state index is 11.0. The summed E-state index contributed by atoms with van der Waals surface area (Å²) in [5.74, 6) is 0. The summed E-state index contributed by atoms with van der Waals surface area (Å²) < 4.78 is 33.1. The van der Waals surface area contributed by atoms with Crippen LogP contribution < -0.4 is 29.6 Å².